The Morgan fingerprint density at radius 3 is 2.02 bits per heavy atom. The molecular formula is C46H45N13OS. The molecule has 0 spiro atoms. The van der Waals surface area contributed by atoms with Gasteiger partial charge < -0.3 is 15.4 Å². The van der Waals surface area contributed by atoms with Crippen LogP contribution >= 0.6 is 11.3 Å². The van der Waals surface area contributed by atoms with Crippen LogP contribution in [0.15, 0.2) is 84.4 Å². The topological polar surface area (TPSA) is 142 Å². The number of pyridine rings is 1. The van der Waals surface area contributed by atoms with Gasteiger partial charge in [0.1, 0.15) is 11.6 Å². The summed E-state index contributed by atoms with van der Waals surface area (Å²) in [5.74, 6) is 2.33. The lowest BCUT2D eigenvalue weighted by molar-refractivity contribution is 0.397. The molecule has 61 heavy (non-hydrogen) atoms. The summed E-state index contributed by atoms with van der Waals surface area (Å²) in [5.41, 5.74) is 14.5. The molecule has 10 aromatic rings. The maximum Gasteiger partial charge on any atom is 0.212 e. The molecule has 0 radical (unpaired) electrons. The highest BCUT2D eigenvalue weighted by Gasteiger charge is 2.21. The second-order valence-electron chi connectivity index (χ2n) is 15.5. The Labute approximate surface area is 355 Å². The summed E-state index contributed by atoms with van der Waals surface area (Å²) in [6.07, 6.45) is 3.16. The van der Waals surface area contributed by atoms with Crippen molar-refractivity contribution in [3.63, 3.8) is 0 Å². The number of hydrogen-bond donors (Lipinski definition) is 2. The second-order valence-corrected chi connectivity index (χ2v) is 16.6. The minimum atomic E-state index is 0.543. The molecule has 0 aliphatic heterocycles. The molecular weight excluding hydrogens is 783 g/mol. The summed E-state index contributed by atoms with van der Waals surface area (Å²) < 4.78 is 13.0. The molecule has 14 nitrogen and oxygen atoms in total. The predicted octanol–water partition coefficient (Wildman–Crippen LogP) is 8.59. The molecule has 0 saturated heterocycles. The molecule has 306 valence electrons. The standard InChI is InChI=1S/C46H45N13OS/c1-26-19-40(48-25-34-9-8-18-61-34)58-45(50-26)43(28(3)53-58)32-12-16-39-36(21-32)37(55-57(39)6)14-13-33-22-41(47-23-30-10-17-42(60-7)49-24-30)59-46(51-33)44(29(4)54-59)31-11-15-38-35(20-31)27(2)52-56(38)5/h8-12,15-22,24,47-48H,13-14,23,25H2,1-7H3. The summed E-state index contributed by atoms with van der Waals surface area (Å²) in [6, 6.07) is 25.3. The van der Waals surface area contributed by atoms with Gasteiger partial charge in [0.15, 0.2) is 11.3 Å². The molecule has 0 unspecified atom stereocenters. The molecule has 0 saturated carbocycles. The average Bonchev–Trinajstić information content (AvgIpc) is 4.09. The second kappa shape index (κ2) is 15.2. The number of aromatic nitrogens is 11. The van der Waals surface area contributed by atoms with Crippen molar-refractivity contribution in [3.8, 4) is 28.1 Å². The first kappa shape index (κ1) is 38.1. The Morgan fingerprint density at radius 2 is 1.33 bits per heavy atom. The van der Waals surface area contributed by atoms with Crippen LogP contribution in [-0.2, 0) is 40.0 Å². The first-order valence-electron chi connectivity index (χ1n) is 20.3. The molecule has 0 fully saturated rings. The molecule has 10 rings (SSSR count). The number of hydrogen-bond acceptors (Lipinski definition) is 11. The van der Waals surface area contributed by atoms with Gasteiger partial charge in [-0.1, -0.05) is 24.3 Å². The van der Waals surface area contributed by atoms with Crippen LogP contribution in [0, 0.1) is 27.7 Å². The van der Waals surface area contributed by atoms with Gasteiger partial charge in [0, 0.05) is 83.2 Å². The Balaban J connectivity index is 1.01. The van der Waals surface area contributed by atoms with Crippen LogP contribution in [-0.4, -0.2) is 60.9 Å². The number of rotatable bonds is 12. The molecule has 8 heterocycles. The van der Waals surface area contributed by atoms with E-state index in [1.807, 2.05) is 71.6 Å². The van der Waals surface area contributed by atoms with E-state index in [4.69, 9.17) is 30.0 Å². The van der Waals surface area contributed by atoms with E-state index in [1.165, 1.54) is 4.88 Å². The Kier molecular flexibility index (Phi) is 9.47. The summed E-state index contributed by atoms with van der Waals surface area (Å²) in [5, 5.41) is 31.3. The van der Waals surface area contributed by atoms with Crippen LogP contribution in [0.5, 0.6) is 5.88 Å². The number of nitrogens with zero attached hydrogens (tertiary/aromatic N) is 11. The minimum Gasteiger partial charge on any atom is -0.481 e. The first-order valence-corrected chi connectivity index (χ1v) is 21.1. The van der Waals surface area contributed by atoms with Crippen LogP contribution in [0.4, 0.5) is 11.6 Å². The average molecular weight is 828 g/mol. The van der Waals surface area contributed by atoms with Crippen molar-refractivity contribution in [1.29, 1.82) is 0 Å². The van der Waals surface area contributed by atoms with E-state index < -0.39 is 0 Å². The zero-order chi connectivity index (χ0) is 41.9. The highest BCUT2D eigenvalue weighted by Crippen LogP contribution is 2.35. The Bertz CT molecular complexity index is 3260. The summed E-state index contributed by atoms with van der Waals surface area (Å²) >= 11 is 1.73. The molecule has 0 amide bonds. The SMILES string of the molecule is COc1ccc(CNc2cc(CCc3nn(C)c4ccc(-c5c(C)nn6c(NCc7cccs7)cc(C)nc56)cc34)nc3c(-c4ccc5c(c4)c(C)nn5C)c(C)nn23)cn1. The quantitative estimate of drug-likeness (QED) is 0.123. The van der Waals surface area contributed by atoms with Gasteiger partial charge >= 0.3 is 0 Å². The van der Waals surface area contributed by atoms with Crippen LogP contribution in [0.3, 0.4) is 0 Å². The smallest absolute Gasteiger partial charge is 0.212 e. The minimum absolute atomic E-state index is 0.543. The number of benzene rings is 2. The van der Waals surface area contributed by atoms with Crippen LogP contribution < -0.4 is 15.4 Å². The van der Waals surface area contributed by atoms with Crippen molar-refractivity contribution in [2.75, 3.05) is 17.7 Å². The van der Waals surface area contributed by atoms with Gasteiger partial charge in [-0.05, 0) is 92.9 Å². The van der Waals surface area contributed by atoms with Gasteiger partial charge in [-0.25, -0.2) is 15.0 Å². The Hall–Kier alpha value is -7.13. The third-order valence-electron chi connectivity index (χ3n) is 11.4. The third kappa shape index (κ3) is 6.89. The summed E-state index contributed by atoms with van der Waals surface area (Å²) in [6.45, 7) is 9.44. The summed E-state index contributed by atoms with van der Waals surface area (Å²) in [4.78, 5) is 16.0. The lowest BCUT2D eigenvalue weighted by Crippen LogP contribution is -2.09. The molecule has 0 bridgehead atoms. The van der Waals surface area contributed by atoms with E-state index in [0.717, 1.165) is 113 Å². The first-order chi connectivity index (χ1) is 29.6. The predicted molar refractivity (Wildman–Crippen MR) is 242 cm³/mol. The maximum atomic E-state index is 5.32. The third-order valence-corrected chi connectivity index (χ3v) is 12.2. The molecule has 0 atom stereocenters. The lowest BCUT2D eigenvalue weighted by Gasteiger charge is -2.12. The van der Waals surface area contributed by atoms with E-state index in [2.05, 4.69) is 93.7 Å². The van der Waals surface area contributed by atoms with E-state index in [0.29, 0.717) is 25.3 Å². The van der Waals surface area contributed by atoms with Gasteiger partial charge in [-0.3, -0.25) is 9.36 Å². The van der Waals surface area contributed by atoms with E-state index in [9.17, 15) is 0 Å². The molecule has 2 aromatic carbocycles. The lowest BCUT2D eigenvalue weighted by atomic mass is 10.0. The fourth-order valence-corrected chi connectivity index (χ4v) is 9.06. The number of fused-ring (bicyclic) bond motifs is 4. The van der Waals surface area contributed by atoms with Crippen molar-refractivity contribution in [2.24, 2.45) is 14.1 Å². The molecule has 8 aromatic heterocycles. The van der Waals surface area contributed by atoms with Crippen molar-refractivity contribution >= 4 is 56.1 Å². The zero-order valence-electron chi connectivity index (χ0n) is 35.1. The van der Waals surface area contributed by atoms with Crippen molar-refractivity contribution in [2.45, 2.75) is 53.6 Å². The number of nitrogens with one attached hydrogen (secondary N) is 2. The monoisotopic (exact) mass is 827 g/mol. The largest absolute Gasteiger partial charge is 0.481 e. The molecule has 15 heteroatoms. The fourth-order valence-electron chi connectivity index (χ4n) is 8.41. The van der Waals surface area contributed by atoms with Crippen LogP contribution in [0.25, 0.3) is 55.4 Å². The number of methoxy groups -OCH3 is 1. The maximum absolute atomic E-state index is 5.32. The van der Waals surface area contributed by atoms with Gasteiger partial charge in [0.05, 0.1) is 47.5 Å². The molecule has 0 aliphatic carbocycles. The van der Waals surface area contributed by atoms with Crippen molar-refractivity contribution in [3.05, 3.63) is 129 Å². The highest BCUT2D eigenvalue weighted by atomic mass is 32.1. The number of aryl methyl sites for hydroxylation is 8. The van der Waals surface area contributed by atoms with Crippen LogP contribution in [0.1, 0.15) is 44.6 Å². The Morgan fingerprint density at radius 1 is 0.656 bits per heavy atom. The zero-order valence-corrected chi connectivity index (χ0v) is 36.0. The normalized spacial score (nSPS) is 11.8. The van der Waals surface area contributed by atoms with Gasteiger partial charge in [-0.15, -0.1) is 11.3 Å². The van der Waals surface area contributed by atoms with E-state index >= 15 is 0 Å². The number of thiophene rings is 1. The molecule has 2 N–H and O–H groups in total. The highest BCUT2D eigenvalue weighted by molar-refractivity contribution is 7.09. The molecule has 0 aliphatic rings. The van der Waals surface area contributed by atoms with Gasteiger partial charge in [-0.2, -0.15) is 29.4 Å². The van der Waals surface area contributed by atoms with Crippen LogP contribution in [0.2, 0.25) is 0 Å². The number of anilines is 2. The fraction of sp³-hybridized carbons (Fsp3) is 0.239. The summed E-state index contributed by atoms with van der Waals surface area (Å²) in [7, 11) is 5.60. The van der Waals surface area contributed by atoms with E-state index in [1.54, 1.807) is 18.4 Å². The van der Waals surface area contributed by atoms with Gasteiger partial charge in [0.2, 0.25) is 5.88 Å². The van der Waals surface area contributed by atoms with Crippen molar-refractivity contribution in [1.82, 2.24) is 53.7 Å². The van der Waals surface area contributed by atoms with Crippen molar-refractivity contribution < 1.29 is 4.74 Å². The number of ether oxygens (including phenoxy) is 1. The van der Waals surface area contributed by atoms with Gasteiger partial charge in [0.25, 0.3) is 0 Å². The van der Waals surface area contributed by atoms with E-state index in [-0.39, 0.29) is 0 Å².